The van der Waals surface area contributed by atoms with Crippen molar-refractivity contribution in [2.24, 2.45) is 11.8 Å². The quantitative estimate of drug-likeness (QED) is 0.388. The predicted molar refractivity (Wildman–Crippen MR) is 40.9 cm³/mol. The molecular formula is C9H12O2. The van der Waals surface area contributed by atoms with E-state index in [4.69, 9.17) is 4.74 Å². The van der Waals surface area contributed by atoms with Crippen LogP contribution in [0.2, 0.25) is 0 Å². The Balaban J connectivity index is 2.18. The van der Waals surface area contributed by atoms with Crippen molar-refractivity contribution in [3.05, 3.63) is 11.6 Å². The van der Waals surface area contributed by atoms with Crippen molar-refractivity contribution in [3.63, 3.8) is 0 Å². The van der Waals surface area contributed by atoms with Gasteiger partial charge in [0.2, 0.25) is 0 Å². The molecule has 2 nitrogen and oxygen atoms in total. The van der Waals surface area contributed by atoms with E-state index in [1.54, 1.807) is 0 Å². The first-order valence-corrected chi connectivity index (χ1v) is 4.12. The molecule has 0 amide bonds. The lowest BCUT2D eigenvalue weighted by Crippen LogP contribution is -2.29. The fourth-order valence-electron chi connectivity index (χ4n) is 2.03. The Morgan fingerprint density at radius 3 is 3.09 bits per heavy atom. The van der Waals surface area contributed by atoms with Crippen LogP contribution >= 0.6 is 0 Å². The van der Waals surface area contributed by atoms with Crippen LogP contribution in [0.5, 0.6) is 0 Å². The predicted octanol–water partition coefficient (Wildman–Crippen LogP) is 1.52. The van der Waals surface area contributed by atoms with Crippen LogP contribution in [0.3, 0.4) is 0 Å². The van der Waals surface area contributed by atoms with E-state index in [0.717, 1.165) is 12.8 Å². The molecule has 1 saturated heterocycles. The molecule has 2 heteroatoms. The highest BCUT2D eigenvalue weighted by Gasteiger charge is 2.36. The Bertz CT molecular complexity index is 218. The van der Waals surface area contributed by atoms with Gasteiger partial charge in [-0.25, -0.2) is 0 Å². The van der Waals surface area contributed by atoms with E-state index < -0.39 is 0 Å². The maximum Gasteiger partial charge on any atom is 0.309 e. The minimum Gasteiger partial charge on any atom is -0.465 e. The summed E-state index contributed by atoms with van der Waals surface area (Å²) in [6.07, 6.45) is 4.09. The number of cyclic esters (lactones) is 1. The molecule has 0 aromatic heterocycles. The molecule has 1 fully saturated rings. The van der Waals surface area contributed by atoms with Crippen molar-refractivity contribution in [2.75, 3.05) is 6.61 Å². The van der Waals surface area contributed by atoms with Gasteiger partial charge in [-0.05, 0) is 25.7 Å². The van der Waals surface area contributed by atoms with E-state index in [2.05, 4.69) is 13.0 Å². The van der Waals surface area contributed by atoms with Crippen molar-refractivity contribution in [3.8, 4) is 0 Å². The zero-order chi connectivity index (χ0) is 7.84. The van der Waals surface area contributed by atoms with Crippen LogP contribution in [-0.4, -0.2) is 12.6 Å². The molecule has 2 atom stereocenters. The number of hydrogen-bond donors (Lipinski definition) is 0. The van der Waals surface area contributed by atoms with Crippen LogP contribution < -0.4 is 0 Å². The summed E-state index contributed by atoms with van der Waals surface area (Å²) in [6.45, 7) is 2.73. The Morgan fingerprint density at radius 1 is 1.55 bits per heavy atom. The van der Waals surface area contributed by atoms with Crippen molar-refractivity contribution in [2.45, 2.75) is 19.8 Å². The summed E-state index contributed by atoms with van der Waals surface area (Å²) in [5.74, 6) is 0.661. The van der Waals surface area contributed by atoms with Gasteiger partial charge in [0, 0.05) is 0 Å². The third-order valence-electron chi connectivity index (χ3n) is 2.74. The fourth-order valence-corrected chi connectivity index (χ4v) is 2.03. The molecule has 0 aromatic rings. The van der Waals surface area contributed by atoms with Gasteiger partial charge in [-0.15, -0.1) is 0 Å². The average Bonchev–Trinajstić information content (AvgIpc) is 2.35. The van der Waals surface area contributed by atoms with Crippen molar-refractivity contribution < 1.29 is 9.53 Å². The normalized spacial score (nSPS) is 36.1. The van der Waals surface area contributed by atoms with Crippen LogP contribution in [0, 0.1) is 11.8 Å². The summed E-state index contributed by atoms with van der Waals surface area (Å²) >= 11 is 0. The molecule has 0 bridgehead atoms. The van der Waals surface area contributed by atoms with Gasteiger partial charge in [0.05, 0.1) is 12.5 Å². The number of ether oxygens (including phenoxy) is 1. The zero-order valence-corrected chi connectivity index (χ0v) is 6.67. The van der Waals surface area contributed by atoms with E-state index >= 15 is 0 Å². The van der Waals surface area contributed by atoms with Gasteiger partial charge in [-0.1, -0.05) is 11.6 Å². The van der Waals surface area contributed by atoms with Gasteiger partial charge < -0.3 is 4.74 Å². The number of rotatable bonds is 0. The van der Waals surface area contributed by atoms with Gasteiger partial charge in [0.1, 0.15) is 0 Å². The lowest BCUT2D eigenvalue weighted by molar-refractivity contribution is -0.154. The molecule has 1 aliphatic carbocycles. The van der Waals surface area contributed by atoms with Crippen LogP contribution in [0.15, 0.2) is 11.6 Å². The van der Waals surface area contributed by atoms with Crippen LogP contribution in [0.4, 0.5) is 0 Å². The summed E-state index contributed by atoms with van der Waals surface area (Å²) in [4.78, 5) is 11.2. The molecule has 1 heterocycles. The van der Waals surface area contributed by atoms with Crippen LogP contribution in [-0.2, 0) is 9.53 Å². The van der Waals surface area contributed by atoms with E-state index in [1.807, 2.05) is 0 Å². The number of hydrogen-bond acceptors (Lipinski definition) is 2. The number of allylic oxidation sites excluding steroid dienone is 2. The molecule has 0 radical (unpaired) electrons. The largest absolute Gasteiger partial charge is 0.465 e. The smallest absolute Gasteiger partial charge is 0.309 e. The molecule has 11 heavy (non-hydrogen) atoms. The summed E-state index contributed by atoms with van der Waals surface area (Å²) < 4.78 is 4.97. The Morgan fingerprint density at radius 2 is 2.36 bits per heavy atom. The van der Waals surface area contributed by atoms with Crippen molar-refractivity contribution >= 4 is 5.97 Å². The summed E-state index contributed by atoms with van der Waals surface area (Å²) in [6, 6.07) is 0. The molecule has 60 valence electrons. The monoisotopic (exact) mass is 152 g/mol. The first-order valence-electron chi connectivity index (χ1n) is 4.12. The molecule has 0 N–H and O–H groups in total. The van der Waals surface area contributed by atoms with Crippen molar-refractivity contribution in [1.29, 1.82) is 0 Å². The second-order valence-corrected chi connectivity index (χ2v) is 3.35. The summed E-state index contributed by atoms with van der Waals surface area (Å²) in [7, 11) is 0. The maximum atomic E-state index is 11.2. The molecule has 0 aromatic carbocycles. The van der Waals surface area contributed by atoms with Crippen LogP contribution in [0.1, 0.15) is 19.8 Å². The minimum absolute atomic E-state index is 0.00866. The summed E-state index contributed by atoms with van der Waals surface area (Å²) in [5, 5.41) is 0. The average molecular weight is 152 g/mol. The van der Waals surface area contributed by atoms with Gasteiger partial charge in [-0.2, -0.15) is 0 Å². The van der Waals surface area contributed by atoms with Crippen LogP contribution in [0.25, 0.3) is 0 Å². The maximum absolute atomic E-state index is 11.2. The molecule has 2 aliphatic rings. The molecule has 0 saturated carbocycles. The second-order valence-electron chi connectivity index (χ2n) is 3.35. The van der Waals surface area contributed by atoms with Gasteiger partial charge in [-0.3, -0.25) is 4.79 Å². The lowest BCUT2D eigenvalue weighted by atomic mass is 9.87. The van der Waals surface area contributed by atoms with Gasteiger partial charge >= 0.3 is 5.97 Å². The first-order chi connectivity index (χ1) is 5.29. The zero-order valence-electron chi connectivity index (χ0n) is 6.67. The highest BCUT2D eigenvalue weighted by atomic mass is 16.5. The standard InChI is InChI=1S/C9H12O2/c1-6-2-3-8-7(6)4-5-11-9(8)10/h2,7-8H,3-5H2,1H3. The molecule has 2 rings (SSSR count). The fraction of sp³-hybridized carbons (Fsp3) is 0.667. The summed E-state index contributed by atoms with van der Waals surface area (Å²) in [5.41, 5.74) is 1.38. The van der Waals surface area contributed by atoms with E-state index in [1.165, 1.54) is 5.57 Å². The third kappa shape index (κ3) is 0.971. The number of carbonyl (C=O) groups excluding carboxylic acids is 1. The molecular weight excluding hydrogens is 140 g/mol. The topological polar surface area (TPSA) is 26.3 Å². The Labute approximate surface area is 66.2 Å². The highest BCUT2D eigenvalue weighted by molar-refractivity contribution is 5.75. The third-order valence-corrected chi connectivity index (χ3v) is 2.74. The minimum atomic E-state index is 0.00866. The number of esters is 1. The SMILES string of the molecule is CC1=CCC2C(=O)OCCC12. The van der Waals surface area contributed by atoms with E-state index in [-0.39, 0.29) is 11.9 Å². The Hall–Kier alpha value is -0.790. The molecule has 2 unspecified atom stereocenters. The first kappa shape index (κ1) is 6.89. The van der Waals surface area contributed by atoms with Gasteiger partial charge in [0.25, 0.3) is 0 Å². The van der Waals surface area contributed by atoms with Gasteiger partial charge in [0.15, 0.2) is 0 Å². The highest BCUT2D eigenvalue weighted by Crippen LogP contribution is 2.37. The molecule has 1 aliphatic heterocycles. The Kier molecular flexibility index (Phi) is 1.48. The number of carbonyl (C=O) groups is 1. The second kappa shape index (κ2) is 2.36. The van der Waals surface area contributed by atoms with E-state index in [0.29, 0.717) is 12.5 Å². The number of fused-ring (bicyclic) bond motifs is 1. The van der Waals surface area contributed by atoms with Crippen molar-refractivity contribution in [1.82, 2.24) is 0 Å². The lowest BCUT2D eigenvalue weighted by Gasteiger charge is -2.25. The van der Waals surface area contributed by atoms with E-state index in [9.17, 15) is 4.79 Å². The molecule has 0 spiro atoms.